The summed E-state index contributed by atoms with van der Waals surface area (Å²) in [6.45, 7) is 4.03. The van der Waals surface area contributed by atoms with Gasteiger partial charge in [0, 0.05) is 6.42 Å². The highest BCUT2D eigenvalue weighted by Gasteiger charge is 2.39. The molecule has 1 aliphatic heterocycles. The van der Waals surface area contributed by atoms with Crippen molar-refractivity contribution in [3.63, 3.8) is 0 Å². The number of hydrogen-bond acceptors (Lipinski definition) is 5. The molecule has 0 spiro atoms. The van der Waals surface area contributed by atoms with Gasteiger partial charge in [0.25, 0.3) is 10.1 Å². The molecule has 27 heavy (non-hydrogen) atoms. The van der Waals surface area contributed by atoms with Crippen LogP contribution in [0.4, 0.5) is 4.79 Å². The third-order valence-electron chi connectivity index (χ3n) is 4.52. The molecule has 1 fully saturated rings. The summed E-state index contributed by atoms with van der Waals surface area (Å²) in [5.74, 6) is 0. The standard InChI is InChI=1S/C20H23NO5S/c1-3-25-20(22)21-14-17(13-19(21)16-7-5-4-6-8-16)26-27(23,24)18-11-9-15(2)10-12-18/h4-12,17,19H,3,13-14H2,1-2H3/t17-,19-/m1/s1. The maximum Gasteiger partial charge on any atom is 0.410 e. The van der Waals surface area contributed by atoms with Gasteiger partial charge in [-0.25, -0.2) is 4.79 Å². The molecule has 2 aromatic carbocycles. The van der Waals surface area contributed by atoms with Crippen molar-refractivity contribution in [2.45, 2.75) is 37.3 Å². The number of benzene rings is 2. The Kier molecular flexibility index (Phi) is 5.82. The molecule has 1 aliphatic rings. The molecule has 0 N–H and O–H groups in total. The highest BCUT2D eigenvalue weighted by molar-refractivity contribution is 7.86. The van der Waals surface area contributed by atoms with Gasteiger partial charge in [-0.15, -0.1) is 0 Å². The summed E-state index contributed by atoms with van der Waals surface area (Å²) in [5, 5.41) is 0. The second-order valence-electron chi connectivity index (χ2n) is 6.50. The van der Waals surface area contributed by atoms with Crippen molar-refractivity contribution in [2.24, 2.45) is 0 Å². The van der Waals surface area contributed by atoms with E-state index in [0.29, 0.717) is 6.42 Å². The highest BCUT2D eigenvalue weighted by atomic mass is 32.2. The van der Waals surface area contributed by atoms with Gasteiger partial charge in [0.2, 0.25) is 0 Å². The Morgan fingerprint density at radius 3 is 2.41 bits per heavy atom. The van der Waals surface area contributed by atoms with Gasteiger partial charge >= 0.3 is 6.09 Å². The van der Waals surface area contributed by atoms with Crippen molar-refractivity contribution in [1.29, 1.82) is 0 Å². The lowest BCUT2D eigenvalue weighted by molar-refractivity contribution is 0.0993. The summed E-state index contributed by atoms with van der Waals surface area (Å²) < 4.78 is 35.8. The smallest absolute Gasteiger partial charge is 0.410 e. The number of rotatable bonds is 5. The maximum atomic E-state index is 12.6. The van der Waals surface area contributed by atoms with E-state index in [4.69, 9.17) is 8.92 Å². The lowest BCUT2D eigenvalue weighted by atomic mass is 10.0. The van der Waals surface area contributed by atoms with Gasteiger partial charge in [-0.3, -0.25) is 9.08 Å². The van der Waals surface area contributed by atoms with Crippen LogP contribution in [0, 0.1) is 6.92 Å². The zero-order valence-electron chi connectivity index (χ0n) is 15.4. The summed E-state index contributed by atoms with van der Waals surface area (Å²) in [6, 6.07) is 15.7. The van der Waals surface area contributed by atoms with Gasteiger partial charge in [-0.2, -0.15) is 8.42 Å². The molecule has 0 aliphatic carbocycles. The molecule has 0 aromatic heterocycles. The number of nitrogens with zero attached hydrogens (tertiary/aromatic N) is 1. The van der Waals surface area contributed by atoms with E-state index < -0.39 is 22.3 Å². The number of hydrogen-bond donors (Lipinski definition) is 0. The molecule has 0 unspecified atom stereocenters. The third-order valence-corrected chi connectivity index (χ3v) is 5.90. The van der Waals surface area contributed by atoms with E-state index in [1.165, 1.54) is 17.0 Å². The largest absolute Gasteiger partial charge is 0.450 e. The minimum atomic E-state index is -3.91. The van der Waals surface area contributed by atoms with Crippen molar-refractivity contribution in [3.8, 4) is 0 Å². The van der Waals surface area contributed by atoms with Gasteiger partial charge in [0.1, 0.15) is 0 Å². The Balaban J connectivity index is 1.80. The van der Waals surface area contributed by atoms with Crippen LogP contribution in [0.25, 0.3) is 0 Å². The van der Waals surface area contributed by atoms with E-state index in [2.05, 4.69) is 0 Å². The highest BCUT2D eigenvalue weighted by Crippen LogP contribution is 2.35. The van der Waals surface area contributed by atoms with Crippen LogP contribution in [0.5, 0.6) is 0 Å². The minimum absolute atomic E-state index is 0.110. The first-order chi connectivity index (χ1) is 12.9. The molecule has 0 saturated carbocycles. The molecular formula is C20H23NO5S. The zero-order valence-corrected chi connectivity index (χ0v) is 16.2. The van der Waals surface area contributed by atoms with Crippen molar-refractivity contribution in [1.82, 2.24) is 4.90 Å². The lowest BCUT2D eigenvalue weighted by Gasteiger charge is -2.23. The minimum Gasteiger partial charge on any atom is -0.450 e. The van der Waals surface area contributed by atoms with E-state index in [0.717, 1.165) is 11.1 Å². The first-order valence-corrected chi connectivity index (χ1v) is 10.3. The monoisotopic (exact) mass is 389 g/mol. The van der Waals surface area contributed by atoms with Crippen molar-refractivity contribution < 1.29 is 22.1 Å². The fourth-order valence-electron chi connectivity index (χ4n) is 3.21. The van der Waals surface area contributed by atoms with E-state index in [1.807, 2.05) is 37.3 Å². The first-order valence-electron chi connectivity index (χ1n) is 8.89. The van der Waals surface area contributed by atoms with Gasteiger partial charge in [0.05, 0.1) is 30.2 Å². The summed E-state index contributed by atoms with van der Waals surface area (Å²) in [5.41, 5.74) is 1.89. The van der Waals surface area contributed by atoms with Gasteiger partial charge in [-0.05, 0) is 31.5 Å². The zero-order chi connectivity index (χ0) is 19.4. The van der Waals surface area contributed by atoms with Crippen molar-refractivity contribution in [3.05, 3.63) is 65.7 Å². The molecule has 2 aromatic rings. The Hall–Kier alpha value is -2.38. The van der Waals surface area contributed by atoms with Crippen molar-refractivity contribution in [2.75, 3.05) is 13.2 Å². The van der Waals surface area contributed by atoms with Gasteiger partial charge in [-0.1, -0.05) is 48.0 Å². The number of amides is 1. The molecule has 2 atom stereocenters. The fraction of sp³-hybridized carbons (Fsp3) is 0.350. The summed E-state index contributed by atoms with van der Waals surface area (Å²) >= 11 is 0. The summed E-state index contributed by atoms with van der Waals surface area (Å²) in [4.78, 5) is 14.0. The summed E-state index contributed by atoms with van der Waals surface area (Å²) in [6.07, 6.45) is -0.718. The topological polar surface area (TPSA) is 72.9 Å². The lowest BCUT2D eigenvalue weighted by Crippen LogP contribution is -2.33. The van der Waals surface area contributed by atoms with E-state index in [-0.39, 0.29) is 24.1 Å². The average molecular weight is 389 g/mol. The van der Waals surface area contributed by atoms with E-state index >= 15 is 0 Å². The Bertz CT molecular complexity index is 880. The van der Waals surface area contributed by atoms with Crippen LogP contribution in [-0.4, -0.2) is 38.7 Å². The number of carbonyl (C=O) groups excluding carboxylic acids is 1. The average Bonchev–Trinajstić information content (AvgIpc) is 3.06. The van der Waals surface area contributed by atoms with Crippen LogP contribution in [0.2, 0.25) is 0 Å². The van der Waals surface area contributed by atoms with Crippen LogP contribution in [0.3, 0.4) is 0 Å². The number of carbonyl (C=O) groups is 1. The Labute approximate surface area is 159 Å². The molecule has 0 bridgehead atoms. The van der Waals surface area contributed by atoms with Gasteiger partial charge in [0.15, 0.2) is 0 Å². The molecule has 0 radical (unpaired) electrons. The Morgan fingerprint density at radius 2 is 1.78 bits per heavy atom. The van der Waals surface area contributed by atoms with Crippen molar-refractivity contribution >= 4 is 16.2 Å². The number of ether oxygens (including phenoxy) is 1. The Morgan fingerprint density at radius 1 is 1.11 bits per heavy atom. The molecule has 1 saturated heterocycles. The van der Waals surface area contributed by atoms with E-state index in [9.17, 15) is 13.2 Å². The second-order valence-corrected chi connectivity index (χ2v) is 8.07. The number of aryl methyl sites for hydroxylation is 1. The molecule has 6 nitrogen and oxygen atoms in total. The first kappa shape index (κ1) is 19.4. The maximum absolute atomic E-state index is 12.6. The predicted molar refractivity (Wildman–Crippen MR) is 101 cm³/mol. The van der Waals surface area contributed by atoms with Crippen LogP contribution >= 0.6 is 0 Å². The van der Waals surface area contributed by atoms with Gasteiger partial charge < -0.3 is 4.74 Å². The SMILES string of the molecule is CCOC(=O)N1C[C@H](OS(=O)(=O)c2ccc(C)cc2)C[C@@H]1c1ccccc1. The molecular weight excluding hydrogens is 366 g/mol. The summed E-state index contributed by atoms with van der Waals surface area (Å²) in [7, 11) is -3.91. The number of likely N-dealkylation sites (tertiary alicyclic amines) is 1. The predicted octanol–water partition coefficient (Wildman–Crippen LogP) is 3.67. The normalized spacial score (nSPS) is 19.9. The molecule has 7 heteroatoms. The van der Waals surface area contributed by atoms with E-state index in [1.54, 1.807) is 19.1 Å². The molecule has 3 rings (SSSR count). The van der Waals surface area contributed by atoms with Crippen LogP contribution < -0.4 is 0 Å². The molecule has 1 amide bonds. The van der Waals surface area contributed by atoms with Crippen LogP contribution in [0.1, 0.15) is 30.5 Å². The molecule has 144 valence electrons. The van der Waals surface area contributed by atoms with Crippen LogP contribution in [0.15, 0.2) is 59.5 Å². The third kappa shape index (κ3) is 4.48. The molecule has 1 heterocycles. The second kappa shape index (κ2) is 8.10. The fourth-order valence-corrected chi connectivity index (χ4v) is 4.28. The van der Waals surface area contributed by atoms with Crippen LogP contribution in [-0.2, 0) is 19.0 Å². The quantitative estimate of drug-likeness (QED) is 0.730.